The minimum Gasteiger partial charge on any atom is -0.311 e. The molecule has 1 nitrogen and oxygen atoms in total. The summed E-state index contributed by atoms with van der Waals surface area (Å²) in [6.07, 6.45) is 22.4. The second-order valence-corrected chi connectivity index (χ2v) is 15.5. The SMILES string of the molecule is C#C/C=C\C(=C/C)c1ccccc1.C#CC.C1#CCC=C(c2ccccc2)C=C1.Cc1ccc(N(c2ccc(C)cc2)c2ccc(-c3ccccc3)cc2)cc1.Cc1ccccc1.c1ccccc1. The molecule has 0 bridgehead atoms. The number of nitrogens with zero attached hydrogens (tertiary/aromatic N) is 1. The third kappa shape index (κ3) is 20.1. The molecule has 0 amide bonds. The van der Waals surface area contributed by atoms with Gasteiger partial charge in [-0.05, 0) is 129 Å². The smallest absolute Gasteiger partial charge is 0.0462 e. The van der Waals surface area contributed by atoms with Crippen molar-refractivity contribution in [2.45, 2.75) is 41.0 Å². The lowest BCUT2D eigenvalue weighted by atomic mass is 10.0. The van der Waals surface area contributed by atoms with Gasteiger partial charge < -0.3 is 4.90 Å². The molecule has 1 heteroatoms. The number of hydrogen-bond acceptors (Lipinski definition) is 1. The maximum absolute atomic E-state index is 5.15. The van der Waals surface area contributed by atoms with Crippen molar-refractivity contribution in [3.05, 3.63) is 295 Å². The highest BCUT2D eigenvalue weighted by atomic mass is 15.1. The van der Waals surface area contributed by atoms with Crippen molar-refractivity contribution in [3.63, 3.8) is 0 Å². The first kappa shape index (κ1) is 52.8. The number of hydrogen-bond donors (Lipinski definition) is 0. The van der Waals surface area contributed by atoms with Gasteiger partial charge in [0.25, 0.3) is 0 Å². The van der Waals surface area contributed by atoms with E-state index in [0.29, 0.717) is 0 Å². The molecule has 0 heterocycles. The molecule has 0 saturated carbocycles. The van der Waals surface area contributed by atoms with Crippen LogP contribution in [0.15, 0.2) is 267 Å². The number of allylic oxidation sites excluding steroid dienone is 8. The minimum atomic E-state index is 0.844. The van der Waals surface area contributed by atoms with E-state index in [1.165, 1.54) is 44.5 Å². The van der Waals surface area contributed by atoms with Crippen molar-refractivity contribution in [3.8, 4) is 47.7 Å². The molecule has 69 heavy (non-hydrogen) atoms. The molecular weight excluding hydrogens is 831 g/mol. The van der Waals surface area contributed by atoms with Crippen LogP contribution in [0.1, 0.15) is 48.1 Å². The van der Waals surface area contributed by atoms with Gasteiger partial charge in [-0.25, -0.2) is 0 Å². The second kappa shape index (κ2) is 32.0. The Bertz CT molecular complexity index is 2830. The Morgan fingerprint density at radius 1 is 0.493 bits per heavy atom. The average molecular weight is 894 g/mol. The lowest BCUT2D eigenvalue weighted by molar-refractivity contribution is 1.27. The van der Waals surface area contributed by atoms with Gasteiger partial charge in [0.1, 0.15) is 0 Å². The highest BCUT2D eigenvalue weighted by Gasteiger charge is 2.12. The van der Waals surface area contributed by atoms with Crippen molar-refractivity contribution >= 4 is 28.2 Å². The van der Waals surface area contributed by atoms with Crippen LogP contribution in [0.25, 0.3) is 22.3 Å². The van der Waals surface area contributed by atoms with Gasteiger partial charge in [-0.1, -0.05) is 241 Å². The third-order valence-corrected chi connectivity index (χ3v) is 10.2. The van der Waals surface area contributed by atoms with Crippen LogP contribution in [0.4, 0.5) is 17.1 Å². The number of benzene rings is 8. The molecule has 340 valence electrons. The molecule has 1 aliphatic rings. The summed E-state index contributed by atoms with van der Waals surface area (Å²) in [5.74, 6) is 10.7. The van der Waals surface area contributed by atoms with E-state index in [1.54, 1.807) is 13.0 Å². The Hall–Kier alpha value is -8.80. The molecule has 0 spiro atoms. The van der Waals surface area contributed by atoms with E-state index in [1.807, 2.05) is 110 Å². The van der Waals surface area contributed by atoms with Crippen LogP contribution >= 0.6 is 0 Å². The fourth-order valence-electron chi connectivity index (χ4n) is 6.64. The molecular formula is C68H63N. The normalized spacial score (nSPS) is 10.7. The highest BCUT2D eigenvalue weighted by molar-refractivity contribution is 5.79. The maximum atomic E-state index is 5.15. The number of aryl methyl sites for hydroxylation is 3. The van der Waals surface area contributed by atoms with Gasteiger partial charge in [-0.15, -0.1) is 18.8 Å². The fourth-order valence-corrected chi connectivity index (χ4v) is 6.64. The van der Waals surface area contributed by atoms with Crippen LogP contribution < -0.4 is 4.90 Å². The molecule has 0 aromatic heterocycles. The van der Waals surface area contributed by atoms with E-state index >= 15 is 0 Å². The minimum absolute atomic E-state index is 0.844. The van der Waals surface area contributed by atoms with E-state index in [-0.39, 0.29) is 0 Å². The monoisotopic (exact) mass is 893 g/mol. The first-order chi connectivity index (χ1) is 33.9. The third-order valence-electron chi connectivity index (χ3n) is 10.2. The second-order valence-electron chi connectivity index (χ2n) is 15.5. The largest absolute Gasteiger partial charge is 0.311 e. The summed E-state index contributed by atoms with van der Waals surface area (Å²) in [6, 6.07) is 79.4. The molecule has 9 rings (SSSR count). The Morgan fingerprint density at radius 3 is 1.29 bits per heavy atom. The summed E-state index contributed by atoms with van der Waals surface area (Å²) in [7, 11) is 0. The van der Waals surface area contributed by atoms with Gasteiger partial charge in [-0.2, -0.15) is 0 Å². The van der Waals surface area contributed by atoms with Crippen molar-refractivity contribution in [2.75, 3.05) is 4.90 Å². The van der Waals surface area contributed by atoms with Crippen LogP contribution in [0.2, 0.25) is 0 Å². The van der Waals surface area contributed by atoms with Crippen LogP contribution in [0.3, 0.4) is 0 Å². The molecule has 1 aliphatic carbocycles. The molecule has 0 atom stereocenters. The van der Waals surface area contributed by atoms with Crippen molar-refractivity contribution in [1.82, 2.24) is 0 Å². The Balaban J connectivity index is 0.000000207. The van der Waals surface area contributed by atoms with E-state index in [4.69, 9.17) is 6.42 Å². The predicted molar refractivity (Wildman–Crippen MR) is 302 cm³/mol. The van der Waals surface area contributed by atoms with Gasteiger partial charge in [0.2, 0.25) is 0 Å². The van der Waals surface area contributed by atoms with Gasteiger partial charge in [0.05, 0.1) is 0 Å². The predicted octanol–water partition coefficient (Wildman–Crippen LogP) is 18.1. The zero-order chi connectivity index (χ0) is 49.2. The van der Waals surface area contributed by atoms with Gasteiger partial charge in [-0.3, -0.25) is 0 Å². The fraction of sp³-hybridized carbons (Fsp3) is 0.0882. The first-order valence-corrected chi connectivity index (χ1v) is 23.1. The number of anilines is 3. The van der Waals surface area contributed by atoms with E-state index < -0.39 is 0 Å². The molecule has 0 saturated heterocycles. The van der Waals surface area contributed by atoms with Crippen LogP contribution in [0.5, 0.6) is 0 Å². The number of rotatable bonds is 7. The Morgan fingerprint density at radius 2 is 0.870 bits per heavy atom. The topological polar surface area (TPSA) is 3.24 Å². The molecule has 8 aromatic rings. The summed E-state index contributed by atoms with van der Waals surface area (Å²) in [5.41, 5.74) is 14.6. The summed E-state index contributed by atoms with van der Waals surface area (Å²) in [6.45, 7) is 9.98. The molecule has 0 N–H and O–H groups in total. The van der Waals surface area contributed by atoms with E-state index in [0.717, 1.165) is 29.1 Å². The summed E-state index contributed by atoms with van der Waals surface area (Å²) in [5, 5.41) is 0. The van der Waals surface area contributed by atoms with Crippen molar-refractivity contribution in [2.24, 2.45) is 0 Å². The molecule has 0 radical (unpaired) electrons. The van der Waals surface area contributed by atoms with Crippen molar-refractivity contribution in [1.29, 1.82) is 0 Å². The average Bonchev–Trinajstić information content (AvgIpc) is 3.71. The van der Waals surface area contributed by atoms with Gasteiger partial charge in [0, 0.05) is 23.5 Å². The zero-order valence-electron chi connectivity index (χ0n) is 40.7. The molecule has 0 fully saturated rings. The van der Waals surface area contributed by atoms with E-state index in [9.17, 15) is 0 Å². The molecule has 0 unspecified atom stereocenters. The van der Waals surface area contributed by atoms with Gasteiger partial charge >= 0.3 is 0 Å². The highest BCUT2D eigenvalue weighted by Crippen LogP contribution is 2.35. The number of terminal acetylenes is 2. The lowest BCUT2D eigenvalue weighted by Crippen LogP contribution is -2.09. The maximum Gasteiger partial charge on any atom is 0.0462 e. The quantitative estimate of drug-likeness (QED) is 0.114. The summed E-state index contributed by atoms with van der Waals surface area (Å²) in [4.78, 5) is 2.30. The zero-order valence-corrected chi connectivity index (χ0v) is 40.7. The van der Waals surface area contributed by atoms with Crippen molar-refractivity contribution < 1.29 is 0 Å². The van der Waals surface area contributed by atoms with Gasteiger partial charge in [0.15, 0.2) is 0 Å². The Labute approximate surface area is 414 Å². The Kier molecular flexibility index (Phi) is 24.5. The molecule has 0 aliphatic heterocycles. The van der Waals surface area contributed by atoms with Crippen LogP contribution in [-0.4, -0.2) is 0 Å². The van der Waals surface area contributed by atoms with Crippen LogP contribution in [0, 0.1) is 57.3 Å². The molecule has 8 aromatic carbocycles. The summed E-state index contributed by atoms with van der Waals surface area (Å²) >= 11 is 0. The first-order valence-electron chi connectivity index (χ1n) is 23.1. The lowest BCUT2D eigenvalue weighted by Gasteiger charge is -2.26. The summed E-state index contributed by atoms with van der Waals surface area (Å²) < 4.78 is 0. The standard InChI is InChI=1S/C26H23N.C13H10.C13H12.C7H8.C6H6.C3H4/c1-20-8-14-24(15-9-20)27(25-16-10-21(2)11-17-25)26-18-12-23(13-19-26)22-6-4-3-5-7-22;1-2-5-9-12(8-4-1)13-10-6-3-7-11-13;1-3-5-9-12(4-2)13-10-7-6-8-11-13;1-7-5-3-2-4-6-7;1-2-4-6-5-3-1;1-3-2/h3-19H,1-2H3;3-4,6-11H,5H2;1,4-11H,2H3;2-6H,1H3;1-6H;1H,2H3/b;;9-5-,12-4+;;;. The van der Waals surface area contributed by atoms with E-state index in [2.05, 4.69) is 214 Å². The van der Waals surface area contributed by atoms with Crippen LogP contribution in [-0.2, 0) is 0 Å².